The van der Waals surface area contributed by atoms with Crippen molar-refractivity contribution in [3.8, 4) is 0 Å². The number of rotatable bonds is 6. The summed E-state index contributed by atoms with van der Waals surface area (Å²) >= 11 is 0. The van der Waals surface area contributed by atoms with Crippen LogP contribution in [0.1, 0.15) is 113 Å². The summed E-state index contributed by atoms with van der Waals surface area (Å²) in [6.07, 6.45) is 8.34. The van der Waals surface area contributed by atoms with Gasteiger partial charge in [0.05, 0.1) is 0 Å². The van der Waals surface area contributed by atoms with Gasteiger partial charge in [-0.3, -0.25) is 14.4 Å². The van der Waals surface area contributed by atoms with E-state index in [9.17, 15) is 19.5 Å². The largest absolute Gasteiger partial charge is 0.460 e. The van der Waals surface area contributed by atoms with Crippen LogP contribution in [0.4, 0.5) is 0 Å². The third-order valence-corrected chi connectivity index (χ3v) is 11.9. The SMILES string of the molecule is CC(=O)OC(C)(C)[C@H](C)CC[C@@H](C)[C@H]1CC[C@H]2[C@@H]3CC(=O)[C@@]4(O)CC(=O)CC[C@]4(C)[C@H]3CC[C@]12C. The molecule has 0 spiro atoms. The molecule has 9 atom stereocenters. The molecular formula is C30H48O5. The molecule has 0 unspecified atom stereocenters. The van der Waals surface area contributed by atoms with Gasteiger partial charge >= 0.3 is 5.97 Å². The Labute approximate surface area is 212 Å². The predicted octanol–water partition coefficient (Wildman–Crippen LogP) is 5.90. The van der Waals surface area contributed by atoms with E-state index in [2.05, 4.69) is 27.7 Å². The van der Waals surface area contributed by atoms with Crippen molar-refractivity contribution >= 4 is 17.5 Å². The first kappa shape index (κ1) is 26.8. The summed E-state index contributed by atoms with van der Waals surface area (Å²) in [5, 5.41) is 11.5. The summed E-state index contributed by atoms with van der Waals surface area (Å²) in [6, 6.07) is 0. The van der Waals surface area contributed by atoms with Crippen LogP contribution in [0.2, 0.25) is 0 Å². The summed E-state index contributed by atoms with van der Waals surface area (Å²) < 4.78 is 5.59. The quantitative estimate of drug-likeness (QED) is 0.471. The van der Waals surface area contributed by atoms with Crippen LogP contribution in [0, 0.1) is 46.3 Å². The Morgan fingerprint density at radius 2 is 1.77 bits per heavy atom. The Bertz CT molecular complexity index is 878. The Morgan fingerprint density at radius 3 is 2.43 bits per heavy atom. The van der Waals surface area contributed by atoms with Gasteiger partial charge in [0.1, 0.15) is 17.0 Å². The van der Waals surface area contributed by atoms with E-state index in [0.29, 0.717) is 48.9 Å². The summed E-state index contributed by atoms with van der Waals surface area (Å²) in [6.45, 7) is 14.7. The lowest BCUT2D eigenvalue weighted by atomic mass is 9.42. The van der Waals surface area contributed by atoms with E-state index in [0.717, 1.165) is 25.7 Å². The molecule has 4 fully saturated rings. The van der Waals surface area contributed by atoms with E-state index in [1.54, 1.807) is 0 Å². The number of ketones is 2. The van der Waals surface area contributed by atoms with Crippen LogP contribution in [-0.2, 0) is 19.1 Å². The van der Waals surface area contributed by atoms with Gasteiger partial charge in [-0.15, -0.1) is 0 Å². The maximum atomic E-state index is 13.4. The summed E-state index contributed by atoms with van der Waals surface area (Å²) in [5.41, 5.74) is -2.15. The zero-order valence-electron chi connectivity index (χ0n) is 23.1. The molecule has 0 saturated heterocycles. The van der Waals surface area contributed by atoms with E-state index in [4.69, 9.17) is 4.74 Å². The van der Waals surface area contributed by atoms with Crippen LogP contribution < -0.4 is 0 Å². The maximum absolute atomic E-state index is 13.4. The van der Waals surface area contributed by atoms with Crippen molar-refractivity contribution in [2.24, 2.45) is 46.3 Å². The van der Waals surface area contributed by atoms with Gasteiger partial charge in [0.2, 0.25) is 0 Å². The number of fused-ring (bicyclic) bond motifs is 5. The monoisotopic (exact) mass is 488 g/mol. The Morgan fingerprint density at radius 1 is 1.09 bits per heavy atom. The average Bonchev–Trinajstić information content (AvgIpc) is 3.10. The number of carbonyl (C=O) groups is 3. The van der Waals surface area contributed by atoms with Gasteiger partial charge < -0.3 is 9.84 Å². The van der Waals surface area contributed by atoms with E-state index in [-0.39, 0.29) is 35.3 Å². The fraction of sp³-hybridized carbons (Fsp3) is 0.900. The Hall–Kier alpha value is -1.23. The summed E-state index contributed by atoms with van der Waals surface area (Å²) in [4.78, 5) is 37.1. The second-order valence-electron chi connectivity index (χ2n) is 13.9. The topological polar surface area (TPSA) is 80.7 Å². The molecule has 0 aromatic carbocycles. The van der Waals surface area contributed by atoms with Gasteiger partial charge in [0.25, 0.3) is 0 Å². The van der Waals surface area contributed by atoms with Crippen LogP contribution in [0.5, 0.6) is 0 Å². The van der Waals surface area contributed by atoms with Crippen LogP contribution in [-0.4, -0.2) is 33.8 Å². The van der Waals surface area contributed by atoms with Gasteiger partial charge in [-0.25, -0.2) is 0 Å². The van der Waals surface area contributed by atoms with E-state index in [1.807, 2.05) is 13.8 Å². The molecule has 0 aromatic heterocycles. The van der Waals surface area contributed by atoms with Crippen molar-refractivity contribution in [2.45, 2.75) is 124 Å². The van der Waals surface area contributed by atoms with E-state index < -0.39 is 16.6 Å². The third kappa shape index (κ3) is 4.22. The maximum Gasteiger partial charge on any atom is 0.303 e. The lowest BCUT2D eigenvalue weighted by Gasteiger charge is -2.62. The van der Waals surface area contributed by atoms with Crippen molar-refractivity contribution in [3.63, 3.8) is 0 Å². The molecule has 0 heterocycles. The molecule has 5 nitrogen and oxygen atoms in total. The molecule has 4 rings (SSSR count). The van der Waals surface area contributed by atoms with Crippen molar-refractivity contribution in [2.75, 3.05) is 0 Å². The van der Waals surface area contributed by atoms with Crippen LogP contribution in [0.25, 0.3) is 0 Å². The second kappa shape index (κ2) is 8.96. The number of ether oxygens (including phenoxy) is 1. The number of aliphatic hydroxyl groups is 1. The lowest BCUT2D eigenvalue weighted by molar-refractivity contribution is -0.203. The minimum Gasteiger partial charge on any atom is -0.460 e. The third-order valence-electron chi connectivity index (χ3n) is 11.9. The van der Waals surface area contributed by atoms with Crippen molar-refractivity contribution in [1.29, 1.82) is 0 Å². The van der Waals surface area contributed by atoms with Gasteiger partial charge in [-0.2, -0.15) is 0 Å². The summed E-state index contributed by atoms with van der Waals surface area (Å²) in [5.74, 6) is 2.43. The Balaban J connectivity index is 1.47. The normalized spacial score (nSPS) is 43.1. The molecule has 0 aliphatic heterocycles. The van der Waals surface area contributed by atoms with E-state index >= 15 is 0 Å². The molecule has 198 valence electrons. The first-order valence-corrected chi connectivity index (χ1v) is 14.1. The molecule has 4 saturated carbocycles. The second-order valence-corrected chi connectivity index (χ2v) is 13.9. The fourth-order valence-electron chi connectivity index (χ4n) is 9.34. The smallest absolute Gasteiger partial charge is 0.303 e. The zero-order chi connectivity index (χ0) is 26.0. The van der Waals surface area contributed by atoms with Gasteiger partial charge in [-0.05, 0) is 93.3 Å². The standard InChI is InChI=1S/C30H48O5/c1-18(8-9-19(2)27(4,5)35-20(3)31)23-10-11-24-22-16-26(33)30(34)17-21(32)12-15-29(30,7)25(22)13-14-28(23,24)6/h18-19,22-25,34H,8-17H2,1-7H3/t18-,19-,22+,23-,24+,25+,28-,29-,30+/m1/s1. The average molecular weight is 489 g/mol. The highest BCUT2D eigenvalue weighted by atomic mass is 16.6. The molecule has 1 N–H and O–H groups in total. The lowest BCUT2D eigenvalue weighted by Crippen LogP contribution is -2.66. The van der Waals surface area contributed by atoms with Gasteiger partial charge in [0.15, 0.2) is 5.78 Å². The molecule has 35 heavy (non-hydrogen) atoms. The fourth-order valence-corrected chi connectivity index (χ4v) is 9.34. The molecule has 0 amide bonds. The van der Waals surface area contributed by atoms with Crippen LogP contribution in [0.3, 0.4) is 0 Å². The van der Waals surface area contributed by atoms with Gasteiger partial charge in [0, 0.05) is 31.6 Å². The molecule has 0 aromatic rings. The first-order valence-electron chi connectivity index (χ1n) is 14.1. The van der Waals surface area contributed by atoms with Crippen LogP contribution in [0.15, 0.2) is 0 Å². The number of esters is 1. The first-order chi connectivity index (χ1) is 16.2. The number of hydrogen-bond donors (Lipinski definition) is 1. The zero-order valence-corrected chi connectivity index (χ0v) is 23.1. The number of hydrogen-bond acceptors (Lipinski definition) is 5. The minimum atomic E-state index is -1.45. The highest BCUT2D eigenvalue weighted by molar-refractivity contribution is 5.96. The number of carbonyl (C=O) groups excluding carboxylic acids is 3. The predicted molar refractivity (Wildman–Crippen MR) is 135 cm³/mol. The van der Waals surface area contributed by atoms with Crippen molar-refractivity contribution in [3.05, 3.63) is 0 Å². The van der Waals surface area contributed by atoms with Crippen molar-refractivity contribution in [1.82, 2.24) is 0 Å². The molecular weight excluding hydrogens is 440 g/mol. The minimum absolute atomic E-state index is 0.0228. The molecule has 0 radical (unpaired) electrons. The Kier molecular flexibility index (Phi) is 6.86. The highest BCUT2D eigenvalue weighted by Gasteiger charge is 2.67. The van der Waals surface area contributed by atoms with E-state index in [1.165, 1.54) is 19.8 Å². The highest BCUT2D eigenvalue weighted by Crippen LogP contribution is 2.68. The van der Waals surface area contributed by atoms with Crippen molar-refractivity contribution < 1.29 is 24.2 Å². The van der Waals surface area contributed by atoms with Gasteiger partial charge in [-0.1, -0.05) is 34.1 Å². The molecule has 4 aliphatic rings. The van der Waals surface area contributed by atoms with Crippen LogP contribution >= 0.6 is 0 Å². The number of Topliss-reactive ketones (excluding diaryl/α,β-unsaturated/α-hetero) is 2. The summed E-state index contributed by atoms with van der Waals surface area (Å²) in [7, 11) is 0. The molecule has 4 aliphatic carbocycles. The molecule has 5 heteroatoms. The molecule has 0 bridgehead atoms.